The van der Waals surface area contributed by atoms with E-state index < -0.39 is 11.4 Å². The van der Waals surface area contributed by atoms with Gasteiger partial charge in [-0.15, -0.1) is 0 Å². The summed E-state index contributed by atoms with van der Waals surface area (Å²) in [5, 5.41) is 9.37. The zero-order valence-corrected chi connectivity index (χ0v) is 13.8. The molecule has 3 nitrogen and oxygen atoms in total. The summed E-state index contributed by atoms with van der Waals surface area (Å²) in [6.07, 6.45) is 1.60. The third-order valence-electron chi connectivity index (χ3n) is 4.55. The number of para-hydroxylation sites is 1. The first kappa shape index (κ1) is 17.5. The summed E-state index contributed by atoms with van der Waals surface area (Å²) < 4.78 is 5.89. The molecule has 1 atom stereocenters. The number of benzene rings is 1. The van der Waals surface area contributed by atoms with Gasteiger partial charge in [0, 0.05) is 0 Å². The molecule has 118 valence electrons. The Morgan fingerprint density at radius 3 is 2.24 bits per heavy atom. The van der Waals surface area contributed by atoms with Gasteiger partial charge in [0.1, 0.15) is 5.75 Å². The van der Waals surface area contributed by atoms with Crippen LogP contribution in [-0.4, -0.2) is 17.7 Å². The van der Waals surface area contributed by atoms with Crippen molar-refractivity contribution in [2.45, 2.75) is 47.5 Å². The molecule has 0 spiro atoms. The van der Waals surface area contributed by atoms with Crippen LogP contribution in [0.1, 0.15) is 47.5 Å². The minimum absolute atomic E-state index is 0.0432. The first-order chi connectivity index (χ1) is 9.69. The number of carbonyl (C=O) groups is 1. The molecule has 0 radical (unpaired) electrons. The quantitative estimate of drug-likeness (QED) is 0.760. The molecule has 0 aliphatic rings. The molecular formula is C18H28O3. The third-order valence-corrected chi connectivity index (χ3v) is 4.55. The fourth-order valence-corrected chi connectivity index (χ4v) is 2.27. The fourth-order valence-electron chi connectivity index (χ4n) is 2.27. The number of rotatable bonds is 8. The van der Waals surface area contributed by atoms with E-state index in [-0.39, 0.29) is 11.3 Å². The van der Waals surface area contributed by atoms with Crippen molar-refractivity contribution in [3.63, 3.8) is 0 Å². The topological polar surface area (TPSA) is 46.5 Å². The number of carboxylic acid groups (broad SMARTS) is 1. The maximum atomic E-state index is 11.4. The first-order valence-corrected chi connectivity index (χ1v) is 7.60. The average Bonchev–Trinajstić information content (AvgIpc) is 2.44. The van der Waals surface area contributed by atoms with Crippen LogP contribution in [-0.2, 0) is 4.79 Å². The molecule has 0 aliphatic carbocycles. The van der Waals surface area contributed by atoms with Gasteiger partial charge in [0.05, 0.1) is 12.0 Å². The van der Waals surface area contributed by atoms with Gasteiger partial charge in [0.25, 0.3) is 0 Å². The molecule has 0 aromatic heterocycles. The van der Waals surface area contributed by atoms with E-state index in [0.29, 0.717) is 13.0 Å². The highest BCUT2D eigenvalue weighted by molar-refractivity contribution is 5.73. The predicted molar refractivity (Wildman–Crippen MR) is 85.5 cm³/mol. The van der Waals surface area contributed by atoms with E-state index in [2.05, 4.69) is 20.8 Å². The van der Waals surface area contributed by atoms with Crippen LogP contribution in [0.4, 0.5) is 0 Å². The van der Waals surface area contributed by atoms with Crippen molar-refractivity contribution in [3.05, 3.63) is 30.3 Å². The summed E-state index contributed by atoms with van der Waals surface area (Å²) in [7, 11) is 0. The van der Waals surface area contributed by atoms with Crippen LogP contribution >= 0.6 is 0 Å². The monoisotopic (exact) mass is 292 g/mol. The Labute approximate surface area is 128 Å². The van der Waals surface area contributed by atoms with Crippen molar-refractivity contribution in [2.75, 3.05) is 6.61 Å². The molecule has 0 saturated carbocycles. The Balaban J connectivity index is 2.81. The van der Waals surface area contributed by atoms with Gasteiger partial charge in [-0.1, -0.05) is 45.4 Å². The first-order valence-electron chi connectivity index (χ1n) is 7.60. The van der Waals surface area contributed by atoms with Crippen LogP contribution in [0.3, 0.4) is 0 Å². The van der Waals surface area contributed by atoms with E-state index in [9.17, 15) is 9.90 Å². The van der Waals surface area contributed by atoms with Crippen molar-refractivity contribution in [2.24, 2.45) is 16.7 Å². The van der Waals surface area contributed by atoms with Gasteiger partial charge in [-0.05, 0) is 43.7 Å². The smallest absolute Gasteiger partial charge is 0.309 e. The van der Waals surface area contributed by atoms with E-state index in [0.717, 1.165) is 12.2 Å². The number of hydrogen-bond donors (Lipinski definition) is 1. The Morgan fingerprint density at radius 1 is 1.19 bits per heavy atom. The molecule has 21 heavy (non-hydrogen) atoms. The van der Waals surface area contributed by atoms with Crippen LogP contribution in [0.25, 0.3) is 0 Å². The second-order valence-corrected chi connectivity index (χ2v) is 7.06. The van der Waals surface area contributed by atoms with E-state index in [1.807, 2.05) is 30.3 Å². The second-order valence-electron chi connectivity index (χ2n) is 7.06. The third kappa shape index (κ3) is 5.07. The minimum Gasteiger partial charge on any atom is -0.493 e. The lowest BCUT2D eigenvalue weighted by atomic mass is 9.69. The molecule has 0 fully saturated rings. The van der Waals surface area contributed by atoms with Crippen LogP contribution in [0.2, 0.25) is 0 Å². The number of carboxylic acids is 1. The van der Waals surface area contributed by atoms with Crippen molar-refractivity contribution in [3.8, 4) is 5.75 Å². The number of aliphatic carboxylic acids is 1. The van der Waals surface area contributed by atoms with Gasteiger partial charge in [-0.25, -0.2) is 0 Å². The summed E-state index contributed by atoms with van der Waals surface area (Å²) in [5.41, 5.74) is -0.696. The molecule has 1 aromatic rings. The van der Waals surface area contributed by atoms with E-state index in [1.54, 1.807) is 13.8 Å². The van der Waals surface area contributed by atoms with Crippen LogP contribution < -0.4 is 4.74 Å². The SMILES string of the molecule is CCC(C)(C)C(COc1ccccc1)CC(C)(C)C(=O)O. The highest BCUT2D eigenvalue weighted by Crippen LogP contribution is 2.39. The zero-order valence-electron chi connectivity index (χ0n) is 13.8. The standard InChI is InChI=1S/C18H28O3/c1-6-17(2,3)14(12-18(4,5)16(19)20)13-21-15-10-8-7-9-11-15/h7-11,14H,6,12-13H2,1-5H3,(H,19,20). The van der Waals surface area contributed by atoms with Crippen molar-refractivity contribution in [1.29, 1.82) is 0 Å². The molecule has 3 heteroatoms. The maximum Gasteiger partial charge on any atom is 0.309 e. The highest BCUT2D eigenvalue weighted by atomic mass is 16.5. The van der Waals surface area contributed by atoms with Crippen LogP contribution in [0.5, 0.6) is 5.75 Å². The van der Waals surface area contributed by atoms with Crippen LogP contribution in [0, 0.1) is 16.7 Å². The summed E-state index contributed by atoms with van der Waals surface area (Å²) in [6.45, 7) is 10.6. The Hall–Kier alpha value is -1.51. The van der Waals surface area contributed by atoms with Crippen LogP contribution in [0.15, 0.2) is 30.3 Å². The van der Waals surface area contributed by atoms with Gasteiger partial charge < -0.3 is 9.84 Å². The summed E-state index contributed by atoms with van der Waals surface area (Å²) in [6, 6.07) is 9.69. The van der Waals surface area contributed by atoms with Crippen molar-refractivity contribution < 1.29 is 14.6 Å². The average molecular weight is 292 g/mol. The van der Waals surface area contributed by atoms with Gasteiger partial charge >= 0.3 is 5.97 Å². The summed E-state index contributed by atoms with van der Waals surface area (Å²) in [5.74, 6) is 0.274. The lowest BCUT2D eigenvalue weighted by Crippen LogP contribution is -2.36. The van der Waals surface area contributed by atoms with Gasteiger partial charge in [-0.2, -0.15) is 0 Å². The summed E-state index contributed by atoms with van der Waals surface area (Å²) in [4.78, 5) is 11.4. The number of ether oxygens (including phenoxy) is 1. The lowest BCUT2D eigenvalue weighted by molar-refractivity contribution is -0.148. The van der Waals surface area contributed by atoms with Crippen molar-refractivity contribution in [1.82, 2.24) is 0 Å². The molecule has 0 aliphatic heterocycles. The molecule has 1 rings (SSSR count). The predicted octanol–water partition coefficient (Wildman–Crippen LogP) is 4.62. The zero-order chi connectivity index (χ0) is 16.1. The molecule has 1 unspecified atom stereocenters. The second kappa shape index (κ2) is 6.97. The highest BCUT2D eigenvalue weighted by Gasteiger charge is 2.37. The van der Waals surface area contributed by atoms with E-state index in [1.165, 1.54) is 0 Å². The summed E-state index contributed by atoms with van der Waals surface area (Å²) >= 11 is 0. The fraction of sp³-hybridized carbons (Fsp3) is 0.611. The van der Waals surface area contributed by atoms with Gasteiger partial charge in [0.2, 0.25) is 0 Å². The van der Waals surface area contributed by atoms with E-state index >= 15 is 0 Å². The largest absolute Gasteiger partial charge is 0.493 e. The van der Waals surface area contributed by atoms with E-state index in [4.69, 9.17) is 4.74 Å². The minimum atomic E-state index is -0.751. The molecule has 0 heterocycles. The molecule has 1 aromatic carbocycles. The Morgan fingerprint density at radius 2 is 1.76 bits per heavy atom. The lowest BCUT2D eigenvalue weighted by Gasteiger charge is -2.37. The molecule has 0 amide bonds. The Bertz CT molecular complexity index is 449. The Kier molecular flexibility index (Phi) is 5.82. The molecule has 0 bridgehead atoms. The van der Waals surface area contributed by atoms with Crippen molar-refractivity contribution >= 4 is 5.97 Å². The molecule has 1 N–H and O–H groups in total. The normalized spacial score (nSPS) is 13.8. The van der Waals surface area contributed by atoms with Gasteiger partial charge in [-0.3, -0.25) is 4.79 Å². The maximum absolute atomic E-state index is 11.4. The number of hydrogen-bond acceptors (Lipinski definition) is 2. The molecule has 0 saturated heterocycles. The molecular weight excluding hydrogens is 264 g/mol. The van der Waals surface area contributed by atoms with Gasteiger partial charge in [0.15, 0.2) is 0 Å².